The van der Waals surface area contributed by atoms with Crippen molar-refractivity contribution in [1.29, 1.82) is 0 Å². The molecule has 8 heteroatoms. The lowest BCUT2D eigenvalue weighted by molar-refractivity contribution is -0.146. The van der Waals surface area contributed by atoms with Crippen LogP contribution in [-0.4, -0.2) is 42.2 Å². The van der Waals surface area contributed by atoms with E-state index in [0.717, 1.165) is 5.39 Å². The first kappa shape index (κ1) is 20.1. The minimum Gasteiger partial charge on any atom is -0.461 e. The Balaban J connectivity index is 1.60. The fraction of sp³-hybridized carbons (Fsp3) is 0.227. The quantitative estimate of drug-likeness (QED) is 0.446. The number of aromatic nitrogens is 1. The number of rotatable bonds is 7. The van der Waals surface area contributed by atoms with Crippen molar-refractivity contribution in [2.75, 3.05) is 13.2 Å². The molecule has 154 valence electrons. The van der Waals surface area contributed by atoms with Gasteiger partial charge in [-0.1, -0.05) is 29.8 Å². The first-order chi connectivity index (χ1) is 14.5. The van der Waals surface area contributed by atoms with E-state index in [0.29, 0.717) is 28.3 Å². The fourth-order valence-corrected chi connectivity index (χ4v) is 3.27. The van der Waals surface area contributed by atoms with Crippen LogP contribution in [0.2, 0.25) is 5.02 Å². The maximum Gasteiger partial charge on any atom is 0.329 e. The normalized spacial score (nSPS) is 16.1. The molecular formula is C22H19ClN2O5. The highest BCUT2D eigenvalue weighted by Crippen LogP contribution is 2.18. The summed E-state index contributed by atoms with van der Waals surface area (Å²) in [7, 11) is 0. The Hall–Kier alpha value is -3.16. The van der Waals surface area contributed by atoms with Gasteiger partial charge >= 0.3 is 5.97 Å². The van der Waals surface area contributed by atoms with E-state index in [1.165, 1.54) is 6.07 Å². The summed E-state index contributed by atoms with van der Waals surface area (Å²) in [4.78, 5) is 40.2. The molecule has 3 aromatic rings. The van der Waals surface area contributed by atoms with Gasteiger partial charge in [0, 0.05) is 34.0 Å². The highest BCUT2D eigenvalue weighted by molar-refractivity contribution is 6.30. The topological polar surface area (TPSA) is 101 Å². The molecule has 2 heterocycles. The maximum atomic E-state index is 12.7. The summed E-state index contributed by atoms with van der Waals surface area (Å²) in [5, 5.41) is 4.01. The molecule has 1 amide bonds. The highest BCUT2D eigenvalue weighted by atomic mass is 35.5. The van der Waals surface area contributed by atoms with Crippen molar-refractivity contribution >= 4 is 34.4 Å². The molecule has 2 aromatic carbocycles. The van der Waals surface area contributed by atoms with Gasteiger partial charge in [0.2, 0.25) is 5.56 Å². The summed E-state index contributed by atoms with van der Waals surface area (Å²) >= 11 is 5.88. The summed E-state index contributed by atoms with van der Waals surface area (Å²) in [6.45, 7) is 0.677. The van der Waals surface area contributed by atoms with E-state index in [4.69, 9.17) is 21.1 Å². The lowest BCUT2D eigenvalue weighted by Gasteiger charge is -2.18. The van der Waals surface area contributed by atoms with Crippen LogP contribution in [-0.2, 0) is 20.7 Å². The van der Waals surface area contributed by atoms with Crippen LogP contribution in [0.1, 0.15) is 15.9 Å². The Morgan fingerprint density at radius 2 is 1.93 bits per heavy atom. The number of pyridine rings is 1. The van der Waals surface area contributed by atoms with Crippen LogP contribution in [0.15, 0.2) is 59.4 Å². The average molecular weight is 427 g/mol. The minimum absolute atomic E-state index is 0.0954. The van der Waals surface area contributed by atoms with Crippen LogP contribution in [0, 0.1) is 0 Å². The second kappa shape index (κ2) is 8.69. The van der Waals surface area contributed by atoms with Crippen molar-refractivity contribution in [2.45, 2.75) is 18.6 Å². The Morgan fingerprint density at radius 3 is 2.67 bits per heavy atom. The smallest absolute Gasteiger partial charge is 0.329 e. The Bertz CT molecular complexity index is 1140. The number of para-hydroxylation sites is 1. The number of benzene rings is 2. The molecule has 4 rings (SSSR count). The van der Waals surface area contributed by atoms with Gasteiger partial charge in [-0.05, 0) is 35.9 Å². The van der Waals surface area contributed by atoms with Crippen molar-refractivity contribution in [1.82, 2.24) is 10.3 Å². The number of esters is 1. The van der Waals surface area contributed by atoms with E-state index in [-0.39, 0.29) is 24.7 Å². The zero-order chi connectivity index (χ0) is 21.1. The number of fused-ring (bicyclic) bond motifs is 1. The van der Waals surface area contributed by atoms with Crippen molar-refractivity contribution in [3.8, 4) is 0 Å². The van der Waals surface area contributed by atoms with E-state index >= 15 is 0 Å². The molecule has 1 fully saturated rings. The van der Waals surface area contributed by atoms with E-state index in [1.54, 1.807) is 30.3 Å². The zero-order valence-electron chi connectivity index (χ0n) is 15.9. The number of ether oxygens (including phenoxy) is 2. The molecule has 0 saturated carbocycles. The molecule has 0 spiro atoms. The summed E-state index contributed by atoms with van der Waals surface area (Å²) < 4.78 is 10.4. The molecular weight excluding hydrogens is 408 g/mol. The average Bonchev–Trinajstić information content (AvgIpc) is 3.56. The Labute approximate surface area is 177 Å². The van der Waals surface area contributed by atoms with Gasteiger partial charge in [-0.15, -0.1) is 0 Å². The van der Waals surface area contributed by atoms with E-state index in [2.05, 4.69) is 10.3 Å². The van der Waals surface area contributed by atoms with E-state index in [9.17, 15) is 14.4 Å². The lowest BCUT2D eigenvalue weighted by Crippen LogP contribution is -2.44. The number of carbonyl (C=O) groups excluding carboxylic acids is 2. The van der Waals surface area contributed by atoms with Gasteiger partial charge in [0.15, 0.2) is 0 Å². The standard InChI is InChI=1S/C22H19ClN2O5/c23-15-7-5-13(6-8-15)21(27)25-19(22(28)30-12-16-11-29-16)9-14-10-20(26)24-18-4-2-1-3-17(14)18/h1-8,10,16,19H,9,11-12H2,(H,24,26)(H,25,27). The number of nitrogens with one attached hydrogen (secondary N) is 2. The first-order valence-corrected chi connectivity index (χ1v) is 9.83. The molecule has 0 aliphatic carbocycles. The summed E-state index contributed by atoms with van der Waals surface area (Å²) in [6.07, 6.45) is 0.00988. The van der Waals surface area contributed by atoms with Crippen LogP contribution in [0.5, 0.6) is 0 Å². The van der Waals surface area contributed by atoms with Crippen molar-refractivity contribution in [2.24, 2.45) is 0 Å². The predicted octanol–water partition coefficient (Wildman–Crippen LogP) is 2.46. The van der Waals surface area contributed by atoms with E-state index in [1.807, 2.05) is 18.2 Å². The molecule has 2 N–H and O–H groups in total. The molecule has 2 atom stereocenters. The summed E-state index contributed by atoms with van der Waals surface area (Å²) in [5.74, 6) is -1.03. The van der Waals surface area contributed by atoms with Crippen LogP contribution < -0.4 is 10.9 Å². The third-order valence-corrected chi connectivity index (χ3v) is 5.02. The van der Waals surface area contributed by atoms with Gasteiger partial charge in [-0.2, -0.15) is 0 Å². The Kier molecular flexibility index (Phi) is 5.83. The molecule has 30 heavy (non-hydrogen) atoms. The molecule has 1 aliphatic rings. The van der Waals surface area contributed by atoms with Gasteiger partial charge in [0.1, 0.15) is 18.8 Å². The zero-order valence-corrected chi connectivity index (χ0v) is 16.6. The van der Waals surface area contributed by atoms with Gasteiger partial charge in [-0.3, -0.25) is 9.59 Å². The first-order valence-electron chi connectivity index (χ1n) is 9.45. The lowest BCUT2D eigenvalue weighted by atomic mass is 10.0. The fourth-order valence-electron chi connectivity index (χ4n) is 3.14. The van der Waals surface area contributed by atoms with E-state index < -0.39 is 17.9 Å². The maximum absolute atomic E-state index is 12.7. The predicted molar refractivity (Wildman–Crippen MR) is 112 cm³/mol. The largest absolute Gasteiger partial charge is 0.461 e. The SMILES string of the molecule is O=C(NC(Cc1cc(=O)[nH]c2ccccc12)C(=O)OCC1CO1)c1ccc(Cl)cc1. The summed E-state index contributed by atoms with van der Waals surface area (Å²) in [5.41, 5.74) is 1.36. The number of carbonyl (C=O) groups is 2. The third-order valence-electron chi connectivity index (χ3n) is 4.77. The second-order valence-corrected chi connectivity index (χ2v) is 7.46. The van der Waals surface area contributed by atoms with Crippen molar-refractivity contribution < 1.29 is 19.1 Å². The van der Waals surface area contributed by atoms with Crippen LogP contribution in [0.3, 0.4) is 0 Å². The number of hydrogen-bond acceptors (Lipinski definition) is 5. The Morgan fingerprint density at radius 1 is 1.20 bits per heavy atom. The number of epoxide rings is 1. The molecule has 1 aliphatic heterocycles. The molecule has 1 saturated heterocycles. The minimum atomic E-state index is -0.975. The second-order valence-electron chi connectivity index (χ2n) is 7.03. The van der Waals surface area contributed by atoms with Gasteiger partial charge in [-0.25, -0.2) is 4.79 Å². The molecule has 2 unspecified atom stereocenters. The molecule has 0 bridgehead atoms. The molecule has 7 nitrogen and oxygen atoms in total. The number of hydrogen-bond donors (Lipinski definition) is 2. The number of aromatic amines is 1. The summed E-state index contributed by atoms with van der Waals surface area (Å²) in [6, 6.07) is 14.1. The van der Waals surface area contributed by atoms with Gasteiger partial charge < -0.3 is 19.8 Å². The van der Waals surface area contributed by atoms with Crippen LogP contribution in [0.4, 0.5) is 0 Å². The number of halogens is 1. The monoisotopic (exact) mass is 426 g/mol. The highest BCUT2D eigenvalue weighted by Gasteiger charge is 2.29. The molecule has 0 radical (unpaired) electrons. The third kappa shape index (κ3) is 4.87. The number of H-pyrrole nitrogens is 1. The van der Waals surface area contributed by atoms with Crippen LogP contribution >= 0.6 is 11.6 Å². The van der Waals surface area contributed by atoms with Crippen LogP contribution in [0.25, 0.3) is 10.9 Å². The van der Waals surface area contributed by atoms with Crippen molar-refractivity contribution in [3.63, 3.8) is 0 Å². The number of amides is 1. The van der Waals surface area contributed by atoms with Crippen molar-refractivity contribution in [3.05, 3.63) is 81.1 Å². The van der Waals surface area contributed by atoms with Gasteiger partial charge in [0.25, 0.3) is 5.91 Å². The molecule has 1 aromatic heterocycles. The van der Waals surface area contributed by atoms with Gasteiger partial charge in [0.05, 0.1) is 6.61 Å².